The number of hydrogen-bond acceptors (Lipinski definition) is 4. The van der Waals surface area contributed by atoms with Crippen molar-refractivity contribution in [3.8, 4) is 5.75 Å². The molecule has 27 heavy (non-hydrogen) atoms. The van der Waals surface area contributed by atoms with Crippen LogP contribution < -0.4 is 10.1 Å². The van der Waals surface area contributed by atoms with Crippen LogP contribution in [0.3, 0.4) is 0 Å². The fraction of sp³-hybridized carbons (Fsp3) is 0.619. The van der Waals surface area contributed by atoms with Gasteiger partial charge >= 0.3 is 0 Å². The zero-order valence-electron chi connectivity index (χ0n) is 16.3. The summed E-state index contributed by atoms with van der Waals surface area (Å²) < 4.78 is 5.39. The lowest BCUT2D eigenvalue weighted by molar-refractivity contribution is -0.128. The van der Waals surface area contributed by atoms with Crippen LogP contribution >= 0.6 is 0 Å². The van der Waals surface area contributed by atoms with E-state index in [1.54, 1.807) is 14.0 Å². The van der Waals surface area contributed by atoms with Crippen molar-refractivity contribution in [2.24, 2.45) is 0 Å². The SMILES string of the molecule is COc1ccc2c(c1)C1(CCC(N3CCCN(C(C)=O)CC3)CC1)C(=O)N2. The molecular weight excluding hydrogens is 342 g/mol. The smallest absolute Gasteiger partial charge is 0.235 e. The van der Waals surface area contributed by atoms with Gasteiger partial charge in [0.2, 0.25) is 11.8 Å². The summed E-state index contributed by atoms with van der Waals surface area (Å²) in [7, 11) is 1.67. The summed E-state index contributed by atoms with van der Waals surface area (Å²) in [6, 6.07) is 6.40. The Bertz CT molecular complexity index is 740. The van der Waals surface area contributed by atoms with Gasteiger partial charge in [-0.1, -0.05) is 0 Å². The van der Waals surface area contributed by atoms with Gasteiger partial charge in [0.1, 0.15) is 5.75 Å². The third-order valence-electron chi connectivity index (χ3n) is 6.73. The summed E-state index contributed by atoms with van der Waals surface area (Å²) in [6.45, 7) is 5.31. The Balaban J connectivity index is 1.46. The molecule has 2 aliphatic heterocycles. The molecule has 146 valence electrons. The van der Waals surface area contributed by atoms with E-state index < -0.39 is 5.41 Å². The maximum atomic E-state index is 12.9. The molecule has 2 fully saturated rings. The third-order valence-corrected chi connectivity index (χ3v) is 6.73. The lowest BCUT2D eigenvalue weighted by Gasteiger charge is -2.40. The molecule has 1 N–H and O–H groups in total. The quantitative estimate of drug-likeness (QED) is 0.867. The van der Waals surface area contributed by atoms with Crippen LogP contribution in [0.2, 0.25) is 0 Å². The van der Waals surface area contributed by atoms with Crippen LogP contribution in [0, 0.1) is 0 Å². The first-order valence-electron chi connectivity index (χ1n) is 10.0. The summed E-state index contributed by atoms with van der Waals surface area (Å²) in [5, 5.41) is 3.08. The summed E-state index contributed by atoms with van der Waals surface area (Å²) >= 11 is 0. The second-order valence-corrected chi connectivity index (χ2v) is 8.07. The van der Waals surface area contributed by atoms with E-state index in [0.29, 0.717) is 6.04 Å². The van der Waals surface area contributed by atoms with E-state index in [-0.39, 0.29) is 11.8 Å². The highest BCUT2D eigenvalue weighted by Gasteiger charge is 2.49. The summed E-state index contributed by atoms with van der Waals surface area (Å²) in [4.78, 5) is 29.0. The van der Waals surface area contributed by atoms with Gasteiger partial charge in [0.05, 0.1) is 12.5 Å². The molecular formula is C21H29N3O3. The average molecular weight is 371 g/mol. The molecule has 6 heteroatoms. The van der Waals surface area contributed by atoms with Crippen LogP contribution in [0.15, 0.2) is 18.2 Å². The molecule has 1 saturated heterocycles. The van der Waals surface area contributed by atoms with Crippen LogP contribution in [-0.4, -0.2) is 60.9 Å². The zero-order valence-corrected chi connectivity index (χ0v) is 16.3. The van der Waals surface area contributed by atoms with E-state index >= 15 is 0 Å². The number of fused-ring (bicyclic) bond motifs is 2. The predicted molar refractivity (Wildman–Crippen MR) is 104 cm³/mol. The molecule has 0 aromatic heterocycles. The Hall–Kier alpha value is -2.08. The molecule has 1 saturated carbocycles. The Morgan fingerprint density at radius 2 is 1.96 bits per heavy atom. The van der Waals surface area contributed by atoms with Crippen molar-refractivity contribution < 1.29 is 14.3 Å². The van der Waals surface area contributed by atoms with Crippen LogP contribution in [-0.2, 0) is 15.0 Å². The monoisotopic (exact) mass is 371 g/mol. The average Bonchev–Trinajstić information content (AvgIpc) is 2.84. The van der Waals surface area contributed by atoms with Gasteiger partial charge in [0, 0.05) is 44.8 Å². The molecule has 0 unspecified atom stereocenters. The van der Waals surface area contributed by atoms with Gasteiger partial charge in [-0.05, 0) is 55.9 Å². The minimum atomic E-state index is -0.405. The van der Waals surface area contributed by atoms with Crippen molar-refractivity contribution in [2.45, 2.75) is 50.5 Å². The van der Waals surface area contributed by atoms with Crippen molar-refractivity contribution in [3.05, 3.63) is 23.8 Å². The Kier molecular flexibility index (Phi) is 4.84. The van der Waals surface area contributed by atoms with Crippen molar-refractivity contribution >= 4 is 17.5 Å². The third kappa shape index (κ3) is 3.20. The van der Waals surface area contributed by atoms with E-state index in [1.165, 1.54) is 0 Å². The number of anilines is 1. The van der Waals surface area contributed by atoms with Crippen LogP contribution in [0.1, 0.15) is 44.6 Å². The molecule has 4 rings (SSSR count). The highest BCUT2D eigenvalue weighted by molar-refractivity contribution is 6.06. The number of nitrogens with zero attached hydrogens (tertiary/aromatic N) is 2. The van der Waals surface area contributed by atoms with Crippen molar-refractivity contribution in [1.82, 2.24) is 9.80 Å². The Morgan fingerprint density at radius 1 is 1.19 bits per heavy atom. The van der Waals surface area contributed by atoms with Crippen molar-refractivity contribution in [1.29, 1.82) is 0 Å². The second kappa shape index (κ2) is 7.15. The number of nitrogens with one attached hydrogen (secondary N) is 1. The Morgan fingerprint density at radius 3 is 2.67 bits per heavy atom. The maximum absolute atomic E-state index is 12.9. The van der Waals surface area contributed by atoms with Crippen LogP contribution in [0.25, 0.3) is 0 Å². The molecule has 1 spiro atoms. The normalized spacial score (nSPS) is 28.6. The second-order valence-electron chi connectivity index (χ2n) is 8.07. The maximum Gasteiger partial charge on any atom is 0.235 e. The zero-order chi connectivity index (χ0) is 19.0. The number of benzene rings is 1. The van der Waals surface area contributed by atoms with Crippen molar-refractivity contribution in [2.75, 3.05) is 38.6 Å². The highest BCUT2D eigenvalue weighted by Crippen LogP contribution is 2.49. The number of methoxy groups -OCH3 is 1. The number of hydrogen-bond donors (Lipinski definition) is 1. The fourth-order valence-corrected chi connectivity index (χ4v) is 5.09. The molecule has 0 radical (unpaired) electrons. The Labute approximate surface area is 160 Å². The number of carbonyl (C=O) groups excluding carboxylic acids is 2. The van der Waals surface area contributed by atoms with Gasteiger partial charge in [-0.15, -0.1) is 0 Å². The lowest BCUT2D eigenvalue weighted by Crippen LogP contribution is -2.46. The van der Waals surface area contributed by atoms with E-state index in [0.717, 1.165) is 75.3 Å². The lowest BCUT2D eigenvalue weighted by atomic mass is 9.68. The largest absolute Gasteiger partial charge is 0.497 e. The molecule has 0 atom stereocenters. The first-order valence-corrected chi connectivity index (χ1v) is 10.0. The van der Waals surface area contributed by atoms with Gasteiger partial charge in [0.25, 0.3) is 0 Å². The summed E-state index contributed by atoms with van der Waals surface area (Å²) in [5.74, 6) is 1.12. The number of rotatable bonds is 2. The van der Waals surface area contributed by atoms with Gasteiger partial charge < -0.3 is 15.0 Å². The summed E-state index contributed by atoms with van der Waals surface area (Å²) in [6.07, 6.45) is 4.81. The molecule has 1 aromatic rings. The van der Waals surface area contributed by atoms with Gasteiger partial charge in [-0.25, -0.2) is 0 Å². The first kappa shape index (κ1) is 18.3. The molecule has 6 nitrogen and oxygen atoms in total. The predicted octanol–water partition coefficient (Wildman–Crippen LogP) is 2.38. The van der Waals surface area contributed by atoms with E-state index in [9.17, 15) is 9.59 Å². The van der Waals surface area contributed by atoms with E-state index in [4.69, 9.17) is 4.74 Å². The van der Waals surface area contributed by atoms with Crippen molar-refractivity contribution in [3.63, 3.8) is 0 Å². The van der Waals surface area contributed by atoms with Crippen LogP contribution in [0.5, 0.6) is 5.75 Å². The van der Waals surface area contributed by atoms with Gasteiger partial charge in [-0.2, -0.15) is 0 Å². The molecule has 2 amide bonds. The number of carbonyl (C=O) groups is 2. The van der Waals surface area contributed by atoms with E-state index in [2.05, 4.69) is 10.2 Å². The highest BCUT2D eigenvalue weighted by atomic mass is 16.5. The molecule has 3 aliphatic rings. The molecule has 0 bridgehead atoms. The van der Waals surface area contributed by atoms with Gasteiger partial charge in [0.15, 0.2) is 0 Å². The summed E-state index contributed by atoms with van der Waals surface area (Å²) in [5.41, 5.74) is 1.63. The molecule has 1 aliphatic carbocycles. The fourth-order valence-electron chi connectivity index (χ4n) is 5.09. The topological polar surface area (TPSA) is 61.9 Å². The minimum Gasteiger partial charge on any atom is -0.497 e. The standard InChI is InChI=1S/C21H29N3O3/c1-15(25)23-10-3-11-24(13-12-23)16-6-8-21(9-7-16)18-14-17(27-2)4-5-19(18)22-20(21)26/h4-5,14,16H,3,6-13H2,1-2H3,(H,22,26). The number of amides is 2. The van der Waals surface area contributed by atoms with E-state index in [1.807, 2.05) is 23.1 Å². The van der Waals surface area contributed by atoms with Crippen LogP contribution in [0.4, 0.5) is 5.69 Å². The number of ether oxygens (including phenoxy) is 1. The van der Waals surface area contributed by atoms with Gasteiger partial charge in [-0.3, -0.25) is 14.5 Å². The first-order chi connectivity index (χ1) is 13.0. The minimum absolute atomic E-state index is 0.142. The molecule has 1 aromatic carbocycles. The molecule has 2 heterocycles.